The van der Waals surface area contributed by atoms with Gasteiger partial charge in [-0.15, -0.1) is 0 Å². The molecule has 1 unspecified atom stereocenters. The zero-order valence-electron chi connectivity index (χ0n) is 13.0. The zero-order chi connectivity index (χ0) is 15.8. The molecule has 2 aromatic heterocycles. The summed E-state index contributed by atoms with van der Waals surface area (Å²) in [4.78, 5) is 11.5. The quantitative estimate of drug-likeness (QED) is 0.455. The average Bonchev–Trinajstić information content (AvgIpc) is 2.94. The fraction of sp³-hybridized carbons (Fsp3) is 0.667. The third-order valence-electron chi connectivity index (χ3n) is 5.05. The van der Waals surface area contributed by atoms with Crippen LogP contribution in [0.4, 0.5) is 0 Å². The topological polar surface area (TPSA) is 56.1 Å². The van der Waals surface area contributed by atoms with Crippen LogP contribution in [0.5, 0.6) is 0 Å². The molecule has 0 spiro atoms. The number of rotatable bonds is 2. The Labute approximate surface area is 158 Å². The van der Waals surface area contributed by atoms with Gasteiger partial charge in [-0.2, -0.15) is 0 Å². The number of aromatic nitrogens is 4. The second-order valence-corrected chi connectivity index (χ2v) is 8.47. The molecular formula is C15H21AsIN5O. The van der Waals surface area contributed by atoms with E-state index in [0.717, 1.165) is 51.6 Å². The molecule has 1 saturated carbocycles. The molecule has 1 atom stereocenters. The molecule has 0 bridgehead atoms. The summed E-state index contributed by atoms with van der Waals surface area (Å²) in [5, 5.41) is 5.93. The molecule has 0 N–H and O–H groups in total. The number of ether oxygens (including phenoxy) is 1. The molecule has 3 heterocycles. The van der Waals surface area contributed by atoms with E-state index >= 15 is 0 Å². The summed E-state index contributed by atoms with van der Waals surface area (Å²) < 4.78 is 9.76. The van der Waals surface area contributed by atoms with Crippen LogP contribution in [0.3, 0.4) is 0 Å². The summed E-state index contributed by atoms with van der Waals surface area (Å²) >= 11 is 3.86. The van der Waals surface area contributed by atoms with Gasteiger partial charge < -0.3 is 0 Å². The van der Waals surface area contributed by atoms with Gasteiger partial charge in [0.25, 0.3) is 0 Å². The molecule has 8 heteroatoms. The molecule has 0 amide bonds. The Kier molecular flexibility index (Phi) is 4.90. The van der Waals surface area contributed by atoms with E-state index in [1.54, 1.807) is 23.2 Å². The van der Waals surface area contributed by atoms with Crippen molar-refractivity contribution in [2.45, 2.75) is 37.8 Å². The summed E-state index contributed by atoms with van der Waals surface area (Å²) in [5.74, 6) is 0. The van der Waals surface area contributed by atoms with Crippen molar-refractivity contribution in [1.29, 1.82) is 0 Å². The van der Waals surface area contributed by atoms with Gasteiger partial charge in [-0.05, 0) is 0 Å². The van der Waals surface area contributed by atoms with Gasteiger partial charge in [0.2, 0.25) is 0 Å². The van der Waals surface area contributed by atoms with Gasteiger partial charge >= 0.3 is 158 Å². The Balaban J connectivity index is 1.51. The third-order valence-corrected chi connectivity index (χ3v) is 6.72. The summed E-state index contributed by atoms with van der Waals surface area (Å²) in [5.41, 5.74) is 1.01. The van der Waals surface area contributed by atoms with Crippen molar-refractivity contribution in [3.05, 3.63) is 10.0 Å². The summed E-state index contributed by atoms with van der Waals surface area (Å²) in [6.07, 6.45) is 6.53. The van der Waals surface area contributed by atoms with Crippen LogP contribution in [-0.4, -0.2) is 73.8 Å². The van der Waals surface area contributed by atoms with Crippen molar-refractivity contribution in [1.82, 2.24) is 24.6 Å². The number of nitrogens with zero attached hydrogens (tertiary/aromatic N) is 5. The molecule has 0 aromatic carbocycles. The van der Waals surface area contributed by atoms with Crippen LogP contribution in [0.25, 0.3) is 11.0 Å². The van der Waals surface area contributed by atoms with Gasteiger partial charge in [-0.25, -0.2) is 0 Å². The first-order chi connectivity index (χ1) is 11.2. The zero-order valence-corrected chi connectivity index (χ0v) is 17.6. The molecule has 2 fully saturated rings. The van der Waals surface area contributed by atoms with Gasteiger partial charge in [0.05, 0.1) is 0 Å². The minimum absolute atomic E-state index is 0.472. The molecule has 0 radical (unpaired) electrons. The Hall–Kier alpha value is -0.242. The number of halogens is 1. The fourth-order valence-corrected chi connectivity index (χ4v) is 5.88. The van der Waals surface area contributed by atoms with Gasteiger partial charge in [0.15, 0.2) is 0 Å². The van der Waals surface area contributed by atoms with Gasteiger partial charge in [-0.3, -0.25) is 0 Å². The first kappa shape index (κ1) is 16.2. The van der Waals surface area contributed by atoms with Crippen LogP contribution in [-0.2, 0) is 4.74 Å². The van der Waals surface area contributed by atoms with Crippen LogP contribution in [0.15, 0.2) is 6.33 Å². The van der Waals surface area contributed by atoms with Gasteiger partial charge in [0.1, 0.15) is 0 Å². The predicted octanol–water partition coefficient (Wildman–Crippen LogP) is 0.505. The minimum atomic E-state index is 0.472. The number of hydrogen-bond donors (Lipinski definition) is 0. The standard InChI is InChI=1S/C15H21AsIN5O/c16-13-12-14(17)20-22(15(12)19-9-18-13)11-3-1-10(2-4-11)21-5-7-23-8-6-21/h9-11H,1-8,16H2. The second-order valence-electron chi connectivity index (χ2n) is 6.30. The van der Waals surface area contributed by atoms with Gasteiger partial charge in [0, 0.05) is 0 Å². The fourth-order valence-electron chi connectivity index (χ4n) is 3.82. The molecular weight excluding hydrogens is 468 g/mol. The first-order valence-corrected chi connectivity index (χ1v) is 10.5. The Morgan fingerprint density at radius 1 is 1.09 bits per heavy atom. The van der Waals surface area contributed by atoms with E-state index in [2.05, 4.69) is 42.1 Å². The van der Waals surface area contributed by atoms with E-state index in [1.807, 2.05) is 0 Å². The monoisotopic (exact) mass is 489 g/mol. The summed E-state index contributed by atoms with van der Waals surface area (Å²) in [7, 11) is 0. The maximum absolute atomic E-state index is 5.47. The predicted molar refractivity (Wildman–Crippen MR) is 99.9 cm³/mol. The molecule has 1 saturated heterocycles. The van der Waals surface area contributed by atoms with Crippen molar-refractivity contribution in [3.63, 3.8) is 0 Å². The number of morpholine rings is 1. The normalized spacial score (nSPS) is 26.7. The Morgan fingerprint density at radius 3 is 2.52 bits per heavy atom. The van der Waals surface area contributed by atoms with E-state index in [1.165, 1.54) is 25.7 Å². The van der Waals surface area contributed by atoms with Crippen LogP contribution < -0.4 is 4.48 Å². The van der Waals surface area contributed by atoms with Crippen LogP contribution in [0, 0.1) is 3.70 Å². The van der Waals surface area contributed by atoms with Crippen molar-refractivity contribution in [2.24, 2.45) is 0 Å². The summed E-state index contributed by atoms with van der Waals surface area (Å²) in [6.45, 7) is 3.96. The Morgan fingerprint density at radius 2 is 1.78 bits per heavy atom. The molecule has 124 valence electrons. The molecule has 1 aliphatic carbocycles. The molecule has 1 aliphatic heterocycles. The van der Waals surface area contributed by atoms with Crippen LogP contribution in [0.1, 0.15) is 31.7 Å². The Bertz CT molecular complexity index is 694. The second kappa shape index (κ2) is 6.94. The van der Waals surface area contributed by atoms with E-state index in [0.29, 0.717) is 6.04 Å². The van der Waals surface area contributed by atoms with E-state index in [4.69, 9.17) is 9.84 Å². The van der Waals surface area contributed by atoms with Crippen molar-refractivity contribution < 1.29 is 4.74 Å². The average molecular weight is 489 g/mol. The molecule has 2 aliphatic rings. The number of fused-ring (bicyclic) bond motifs is 1. The summed E-state index contributed by atoms with van der Waals surface area (Å²) in [6, 6.07) is 1.19. The molecule has 23 heavy (non-hydrogen) atoms. The van der Waals surface area contributed by atoms with Gasteiger partial charge in [-0.1, -0.05) is 0 Å². The molecule has 6 nitrogen and oxygen atoms in total. The van der Waals surface area contributed by atoms with Crippen LogP contribution in [0.2, 0.25) is 0 Å². The maximum atomic E-state index is 5.47. The molecule has 2 aromatic rings. The van der Waals surface area contributed by atoms with Crippen LogP contribution >= 0.6 is 22.6 Å². The third kappa shape index (κ3) is 3.17. The van der Waals surface area contributed by atoms with Crippen molar-refractivity contribution >= 4 is 55.0 Å². The SMILES string of the molecule is [AsH2]c1ncnc2c1c(I)nn2C1CCC(N2CCOCC2)CC1. The van der Waals surface area contributed by atoms with E-state index in [-0.39, 0.29) is 0 Å². The van der Waals surface area contributed by atoms with Crippen molar-refractivity contribution in [3.8, 4) is 0 Å². The van der Waals surface area contributed by atoms with E-state index in [9.17, 15) is 0 Å². The van der Waals surface area contributed by atoms with E-state index < -0.39 is 0 Å². The molecule has 4 rings (SSSR count). The number of hydrogen-bond acceptors (Lipinski definition) is 5. The van der Waals surface area contributed by atoms with Crippen molar-refractivity contribution in [2.75, 3.05) is 26.3 Å². The first-order valence-electron chi connectivity index (χ1n) is 8.20.